The molecule has 0 aliphatic heterocycles. The van der Waals surface area contributed by atoms with Crippen molar-refractivity contribution in [2.45, 2.75) is 39.5 Å². The van der Waals surface area contributed by atoms with Crippen LogP contribution in [-0.4, -0.2) is 0 Å². The van der Waals surface area contributed by atoms with Gasteiger partial charge >= 0.3 is 0 Å². The molecular formula is C22H24S. The molecule has 0 aliphatic rings. The maximum atomic E-state index is 2.31. The van der Waals surface area contributed by atoms with Gasteiger partial charge in [-0.05, 0) is 34.1 Å². The minimum absolute atomic E-state index is 0.524. The minimum atomic E-state index is 0.524. The third-order valence-corrected chi connectivity index (χ3v) is 5.53. The zero-order chi connectivity index (χ0) is 16.4. The SMILES string of the molecule is CC(C)c1c(-c2ccccc2)sc(-c2ccccc2)c1C(C)C. The first-order valence-electron chi connectivity index (χ1n) is 8.37. The summed E-state index contributed by atoms with van der Waals surface area (Å²) in [5.41, 5.74) is 5.72. The van der Waals surface area contributed by atoms with Crippen molar-refractivity contribution in [3.05, 3.63) is 71.8 Å². The second-order valence-corrected chi connectivity index (χ2v) is 7.65. The first kappa shape index (κ1) is 16.0. The average Bonchev–Trinajstić information content (AvgIpc) is 2.97. The molecule has 0 unspecified atom stereocenters. The van der Waals surface area contributed by atoms with Crippen molar-refractivity contribution in [2.24, 2.45) is 0 Å². The van der Waals surface area contributed by atoms with Crippen LogP contribution in [0.15, 0.2) is 60.7 Å². The maximum absolute atomic E-state index is 2.31. The Balaban J connectivity index is 2.29. The van der Waals surface area contributed by atoms with Crippen molar-refractivity contribution in [1.82, 2.24) is 0 Å². The Kier molecular flexibility index (Phi) is 4.68. The second-order valence-electron chi connectivity index (χ2n) is 6.63. The molecule has 0 spiro atoms. The van der Waals surface area contributed by atoms with Gasteiger partial charge in [-0.1, -0.05) is 88.4 Å². The summed E-state index contributed by atoms with van der Waals surface area (Å²) in [4.78, 5) is 2.87. The van der Waals surface area contributed by atoms with Gasteiger partial charge in [-0.25, -0.2) is 0 Å². The van der Waals surface area contributed by atoms with Crippen LogP contribution in [0.25, 0.3) is 20.9 Å². The lowest BCUT2D eigenvalue weighted by molar-refractivity contribution is 0.801. The Morgan fingerprint density at radius 2 is 0.913 bits per heavy atom. The summed E-state index contributed by atoms with van der Waals surface area (Å²) in [5, 5.41) is 0. The van der Waals surface area contributed by atoms with Crippen LogP contribution in [0.2, 0.25) is 0 Å². The number of rotatable bonds is 4. The molecule has 1 aromatic heterocycles. The van der Waals surface area contributed by atoms with Gasteiger partial charge in [-0.3, -0.25) is 0 Å². The minimum Gasteiger partial charge on any atom is -0.135 e. The third-order valence-electron chi connectivity index (χ3n) is 4.21. The molecule has 0 saturated heterocycles. The van der Waals surface area contributed by atoms with Crippen LogP contribution in [0.1, 0.15) is 50.7 Å². The summed E-state index contributed by atoms with van der Waals surface area (Å²) < 4.78 is 0. The van der Waals surface area contributed by atoms with Gasteiger partial charge in [0.25, 0.3) is 0 Å². The molecule has 2 aromatic carbocycles. The zero-order valence-corrected chi connectivity index (χ0v) is 15.2. The predicted octanol–water partition coefficient (Wildman–Crippen LogP) is 7.33. The molecule has 1 heteroatoms. The summed E-state index contributed by atoms with van der Waals surface area (Å²) in [6, 6.07) is 21.7. The second kappa shape index (κ2) is 6.72. The summed E-state index contributed by atoms with van der Waals surface area (Å²) in [7, 11) is 0. The quantitative estimate of drug-likeness (QED) is 0.472. The molecular weight excluding hydrogens is 296 g/mol. The molecule has 0 bridgehead atoms. The molecule has 0 amide bonds. The van der Waals surface area contributed by atoms with Crippen LogP contribution in [0.3, 0.4) is 0 Å². The Hall–Kier alpha value is -1.86. The van der Waals surface area contributed by atoms with Gasteiger partial charge in [0.2, 0.25) is 0 Å². The highest BCUT2D eigenvalue weighted by atomic mass is 32.1. The number of hydrogen-bond donors (Lipinski definition) is 0. The smallest absolute Gasteiger partial charge is 0.0386 e. The Labute approximate surface area is 143 Å². The van der Waals surface area contributed by atoms with Crippen molar-refractivity contribution in [1.29, 1.82) is 0 Å². The van der Waals surface area contributed by atoms with E-state index in [1.54, 1.807) is 0 Å². The Morgan fingerprint density at radius 3 is 1.22 bits per heavy atom. The number of benzene rings is 2. The summed E-state index contributed by atoms with van der Waals surface area (Å²) in [6.45, 7) is 9.26. The van der Waals surface area contributed by atoms with Crippen LogP contribution in [0, 0.1) is 0 Å². The highest BCUT2D eigenvalue weighted by Gasteiger charge is 2.23. The lowest BCUT2D eigenvalue weighted by atomic mass is 9.88. The topological polar surface area (TPSA) is 0 Å². The van der Waals surface area contributed by atoms with E-state index in [0.717, 1.165) is 0 Å². The van der Waals surface area contributed by atoms with Crippen LogP contribution < -0.4 is 0 Å². The average molecular weight is 321 g/mol. The molecule has 0 atom stereocenters. The standard InChI is InChI=1S/C22H24S/c1-15(2)19-20(16(3)4)22(18-13-9-6-10-14-18)23-21(19)17-11-7-5-8-12-17/h5-16H,1-4H3. The largest absolute Gasteiger partial charge is 0.135 e. The van der Waals surface area contributed by atoms with Gasteiger partial charge in [0, 0.05) is 9.75 Å². The monoisotopic (exact) mass is 320 g/mol. The predicted molar refractivity (Wildman–Crippen MR) is 103 cm³/mol. The van der Waals surface area contributed by atoms with Crippen molar-refractivity contribution >= 4 is 11.3 Å². The summed E-state index contributed by atoms with van der Waals surface area (Å²) in [5.74, 6) is 1.05. The fraction of sp³-hybridized carbons (Fsp3) is 0.273. The summed E-state index contributed by atoms with van der Waals surface area (Å²) >= 11 is 1.95. The summed E-state index contributed by atoms with van der Waals surface area (Å²) in [6.07, 6.45) is 0. The molecule has 118 valence electrons. The van der Waals surface area contributed by atoms with E-state index in [0.29, 0.717) is 11.8 Å². The fourth-order valence-corrected chi connectivity index (χ4v) is 4.83. The lowest BCUT2D eigenvalue weighted by Gasteiger charge is -2.15. The van der Waals surface area contributed by atoms with Gasteiger partial charge in [0.05, 0.1) is 0 Å². The maximum Gasteiger partial charge on any atom is 0.0386 e. The first-order valence-corrected chi connectivity index (χ1v) is 9.18. The molecule has 0 aliphatic carbocycles. The van der Waals surface area contributed by atoms with Crippen molar-refractivity contribution < 1.29 is 0 Å². The normalized spacial score (nSPS) is 11.4. The van der Waals surface area contributed by atoms with Gasteiger partial charge in [-0.15, -0.1) is 11.3 Å². The fourth-order valence-electron chi connectivity index (χ4n) is 3.21. The van der Waals surface area contributed by atoms with Crippen molar-refractivity contribution in [3.63, 3.8) is 0 Å². The van der Waals surface area contributed by atoms with E-state index in [9.17, 15) is 0 Å². The Morgan fingerprint density at radius 1 is 0.565 bits per heavy atom. The number of hydrogen-bond acceptors (Lipinski definition) is 1. The Bertz CT molecular complexity index is 698. The van der Waals surface area contributed by atoms with E-state index in [-0.39, 0.29) is 0 Å². The van der Waals surface area contributed by atoms with Gasteiger partial charge in [-0.2, -0.15) is 0 Å². The van der Waals surface area contributed by atoms with Crippen LogP contribution >= 0.6 is 11.3 Å². The van der Waals surface area contributed by atoms with E-state index in [1.165, 1.54) is 32.0 Å². The molecule has 3 aromatic rings. The van der Waals surface area contributed by atoms with Gasteiger partial charge < -0.3 is 0 Å². The van der Waals surface area contributed by atoms with Crippen molar-refractivity contribution in [3.8, 4) is 20.9 Å². The van der Waals surface area contributed by atoms with Gasteiger partial charge in [0.1, 0.15) is 0 Å². The molecule has 0 radical (unpaired) electrons. The molecule has 23 heavy (non-hydrogen) atoms. The van der Waals surface area contributed by atoms with E-state index < -0.39 is 0 Å². The van der Waals surface area contributed by atoms with Crippen LogP contribution in [-0.2, 0) is 0 Å². The zero-order valence-electron chi connectivity index (χ0n) is 14.3. The molecule has 1 heterocycles. The molecule has 0 N–H and O–H groups in total. The van der Waals surface area contributed by atoms with E-state index in [1.807, 2.05) is 11.3 Å². The molecule has 0 saturated carbocycles. The highest BCUT2D eigenvalue weighted by molar-refractivity contribution is 7.19. The third kappa shape index (κ3) is 3.11. The lowest BCUT2D eigenvalue weighted by Crippen LogP contribution is -1.97. The van der Waals surface area contributed by atoms with E-state index >= 15 is 0 Å². The molecule has 0 nitrogen and oxygen atoms in total. The van der Waals surface area contributed by atoms with Crippen molar-refractivity contribution in [2.75, 3.05) is 0 Å². The van der Waals surface area contributed by atoms with Crippen LogP contribution in [0.5, 0.6) is 0 Å². The van der Waals surface area contributed by atoms with Crippen LogP contribution in [0.4, 0.5) is 0 Å². The first-order chi connectivity index (χ1) is 11.1. The number of thiophene rings is 1. The van der Waals surface area contributed by atoms with E-state index in [2.05, 4.69) is 88.4 Å². The van der Waals surface area contributed by atoms with Gasteiger partial charge in [0.15, 0.2) is 0 Å². The molecule has 3 rings (SSSR count). The van der Waals surface area contributed by atoms with E-state index in [4.69, 9.17) is 0 Å². The molecule has 0 fully saturated rings. The highest BCUT2D eigenvalue weighted by Crippen LogP contribution is 2.47.